The summed E-state index contributed by atoms with van der Waals surface area (Å²) in [6.45, 7) is 4.58. The van der Waals surface area contributed by atoms with Gasteiger partial charge in [0, 0.05) is 20.2 Å². The summed E-state index contributed by atoms with van der Waals surface area (Å²) in [6, 6.07) is 0. The zero-order chi connectivity index (χ0) is 8.97. The molecule has 0 saturated carbocycles. The number of amidine groups is 1. The average molecular weight is 170 g/mol. The van der Waals surface area contributed by atoms with E-state index in [2.05, 4.69) is 0 Å². The fraction of sp³-hybridized carbons (Fsp3) is 0.889. The Balaban J connectivity index is 2.24. The summed E-state index contributed by atoms with van der Waals surface area (Å²) in [4.78, 5) is 1.99. The molecule has 1 aliphatic heterocycles. The quantitative estimate of drug-likeness (QED) is 0.501. The molecule has 0 aromatic rings. The molecule has 1 atom stereocenters. The van der Waals surface area contributed by atoms with Gasteiger partial charge in [0.05, 0.1) is 12.4 Å². The largest absolute Gasteiger partial charge is 0.381 e. The third-order valence-corrected chi connectivity index (χ3v) is 2.36. The highest BCUT2D eigenvalue weighted by Crippen LogP contribution is 2.14. The standard InChI is InChI=1S/C9H18N2O/c1-8(10)11(2)6-9-4-3-5-12-7-9/h9-10H,3-7H2,1-2H3. The molecule has 1 heterocycles. The van der Waals surface area contributed by atoms with Gasteiger partial charge < -0.3 is 9.64 Å². The first-order valence-electron chi connectivity index (χ1n) is 4.54. The number of hydrogen-bond acceptors (Lipinski definition) is 2. The molecule has 1 rings (SSSR count). The zero-order valence-electron chi connectivity index (χ0n) is 7.97. The first-order valence-corrected chi connectivity index (χ1v) is 4.54. The minimum absolute atomic E-state index is 0.629. The second-order valence-corrected chi connectivity index (χ2v) is 3.55. The van der Waals surface area contributed by atoms with E-state index in [1.807, 2.05) is 18.9 Å². The van der Waals surface area contributed by atoms with Gasteiger partial charge in [-0.1, -0.05) is 0 Å². The topological polar surface area (TPSA) is 36.3 Å². The maximum absolute atomic E-state index is 7.40. The van der Waals surface area contributed by atoms with Crippen molar-refractivity contribution < 1.29 is 4.74 Å². The molecule has 0 bridgehead atoms. The van der Waals surface area contributed by atoms with Crippen LogP contribution in [0.4, 0.5) is 0 Å². The van der Waals surface area contributed by atoms with Crippen molar-refractivity contribution in [3.63, 3.8) is 0 Å². The fourth-order valence-electron chi connectivity index (χ4n) is 1.48. The maximum atomic E-state index is 7.40. The van der Waals surface area contributed by atoms with Crippen molar-refractivity contribution in [3.05, 3.63) is 0 Å². The Hall–Kier alpha value is -0.570. The van der Waals surface area contributed by atoms with Crippen LogP contribution in [0.3, 0.4) is 0 Å². The molecule has 1 N–H and O–H groups in total. The van der Waals surface area contributed by atoms with Crippen molar-refractivity contribution in [2.75, 3.05) is 26.8 Å². The van der Waals surface area contributed by atoms with E-state index in [1.54, 1.807) is 0 Å². The van der Waals surface area contributed by atoms with E-state index in [-0.39, 0.29) is 0 Å². The van der Waals surface area contributed by atoms with Crippen molar-refractivity contribution in [1.29, 1.82) is 5.41 Å². The lowest BCUT2D eigenvalue weighted by atomic mass is 10.0. The SMILES string of the molecule is CC(=N)N(C)CC1CCCOC1. The van der Waals surface area contributed by atoms with Gasteiger partial charge in [0.2, 0.25) is 0 Å². The Morgan fingerprint density at radius 1 is 1.67 bits per heavy atom. The molecule has 1 fully saturated rings. The Morgan fingerprint density at radius 2 is 2.42 bits per heavy atom. The summed E-state index contributed by atoms with van der Waals surface area (Å²) in [7, 11) is 1.97. The molecule has 0 radical (unpaired) electrons. The highest BCUT2D eigenvalue weighted by atomic mass is 16.5. The van der Waals surface area contributed by atoms with Gasteiger partial charge in [0.25, 0.3) is 0 Å². The first kappa shape index (κ1) is 9.52. The Labute approximate surface area is 74.2 Å². The molecule has 0 aromatic carbocycles. The van der Waals surface area contributed by atoms with Gasteiger partial charge in [-0.2, -0.15) is 0 Å². The van der Waals surface area contributed by atoms with Crippen molar-refractivity contribution in [2.45, 2.75) is 19.8 Å². The summed E-state index contributed by atoms with van der Waals surface area (Å²) < 4.78 is 5.37. The van der Waals surface area contributed by atoms with Crippen molar-refractivity contribution in [2.24, 2.45) is 5.92 Å². The molecule has 1 saturated heterocycles. The lowest BCUT2D eigenvalue weighted by Crippen LogP contribution is -2.33. The fourth-order valence-corrected chi connectivity index (χ4v) is 1.48. The minimum atomic E-state index is 0.629. The van der Waals surface area contributed by atoms with E-state index in [0.29, 0.717) is 11.8 Å². The zero-order valence-corrected chi connectivity index (χ0v) is 7.97. The van der Waals surface area contributed by atoms with E-state index in [4.69, 9.17) is 10.1 Å². The second-order valence-electron chi connectivity index (χ2n) is 3.55. The van der Waals surface area contributed by atoms with Crippen LogP contribution >= 0.6 is 0 Å². The number of rotatable bonds is 2. The van der Waals surface area contributed by atoms with Gasteiger partial charge >= 0.3 is 0 Å². The number of hydrogen-bond donors (Lipinski definition) is 1. The molecule has 3 heteroatoms. The Kier molecular flexibility index (Phi) is 3.53. The highest BCUT2D eigenvalue weighted by Gasteiger charge is 2.15. The van der Waals surface area contributed by atoms with E-state index in [0.717, 1.165) is 19.8 Å². The molecule has 0 spiro atoms. The molecule has 70 valence electrons. The van der Waals surface area contributed by atoms with Crippen LogP contribution in [0.1, 0.15) is 19.8 Å². The first-order chi connectivity index (χ1) is 5.70. The van der Waals surface area contributed by atoms with Crippen molar-refractivity contribution >= 4 is 5.84 Å². The van der Waals surface area contributed by atoms with E-state index in [1.165, 1.54) is 12.8 Å². The molecule has 1 unspecified atom stereocenters. The average Bonchev–Trinajstić information content (AvgIpc) is 2.06. The van der Waals surface area contributed by atoms with Crippen molar-refractivity contribution in [3.8, 4) is 0 Å². The summed E-state index contributed by atoms with van der Waals surface area (Å²) >= 11 is 0. The predicted octanol–water partition coefficient (Wildman–Crippen LogP) is 1.34. The van der Waals surface area contributed by atoms with Gasteiger partial charge in [-0.15, -0.1) is 0 Å². The van der Waals surface area contributed by atoms with Crippen LogP contribution in [0.25, 0.3) is 0 Å². The monoisotopic (exact) mass is 170 g/mol. The molecule has 0 aliphatic carbocycles. The van der Waals surface area contributed by atoms with Crippen LogP contribution in [-0.2, 0) is 4.74 Å². The van der Waals surface area contributed by atoms with Crippen molar-refractivity contribution in [1.82, 2.24) is 4.90 Å². The molecule has 0 amide bonds. The van der Waals surface area contributed by atoms with Gasteiger partial charge in [-0.25, -0.2) is 0 Å². The Morgan fingerprint density at radius 3 is 2.92 bits per heavy atom. The number of nitrogens with zero attached hydrogens (tertiary/aromatic N) is 1. The Bertz CT molecular complexity index is 153. The predicted molar refractivity (Wildman–Crippen MR) is 49.6 cm³/mol. The molecule has 12 heavy (non-hydrogen) atoms. The normalized spacial score (nSPS) is 23.7. The third-order valence-electron chi connectivity index (χ3n) is 2.36. The second kappa shape index (κ2) is 4.45. The van der Waals surface area contributed by atoms with Crippen LogP contribution in [0.5, 0.6) is 0 Å². The minimum Gasteiger partial charge on any atom is -0.381 e. The summed E-state index contributed by atoms with van der Waals surface area (Å²) in [5.74, 6) is 1.27. The van der Waals surface area contributed by atoms with Gasteiger partial charge in [0.15, 0.2) is 0 Å². The van der Waals surface area contributed by atoms with Gasteiger partial charge in [-0.3, -0.25) is 5.41 Å². The van der Waals surface area contributed by atoms with E-state index in [9.17, 15) is 0 Å². The van der Waals surface area contributed by atoms with Gasteiger partial charge in [-0.05, 0) is 25.7 Å². The van der Waals surface area contributed by atoms with Crippen LogP contribution in [0.2, 0.25) is 0 Å². The lowest BCUT2D eigenvalue weighted by Gasteiger charge is -2.27. The molecular formula is C9H18N2O. The third kappa shape index (κ3) is 2.81. The summed E-state index contributed by atoms with van der Waals surface area (Å²) in [5, 5.41) is 7.40. The van der Waals surface area contributed by atoms with Crippen LogP contribution in [0.15, 0.2) is 0 Å². The van der Waals surface area contributed by atoms with Crippen LogP contribution < -0.4 is 0 Å². The lowest BCUT2D eigenvalue weighted by molar-refractivity contribution is 0.0484. The number of nitrogens with one attached hydrogen (secondary N) is 1. The van der Waals surface area contributed by atoms with Gasteiger partial charge in [0.1, 0.15) is 0 Å². The molecule has 0 aromatic heterocycles. The number of ether oxygens (including phenoxy) is 1. The maximum Gasteiger partial charge on any atom is 0.0923 e. The molecule has 1 aliphatic rings. The van der Waals surface area contributed by atoms with Crippen LogP contribution in [-0.4, -0.2) is 37.5 Å². The summed E-state index contributed by atoms with van der Waals surface area (Å²) in [5.41, 5.74) is 0. The molecular weight excluding hydrogens is 152 g/mol. The van der Waals surface area contributed by atoms with Crippen LogP contribution in [0, 0.1) is 11.3 Å². The van der Waals surface area contributed by atoms with E-state index < -0.39 is 0 Å². The summed E-state index contributed by atoms with van der Waals surface area (Å²) in [6.07, 6.45) is 2.42. The smallest absolute Gasteiger partial charge is 0.0923 e. The van der Waals surface area contributed by atoms with E-state index >= 15 is 0 Å². The highest BCUT2D eigenvalue weighted by molar-refractivity contribution is 5.75. The molecule has 3 nitrogen and oxygen atoms in total.